The van der Waals surface area contributed by atoms with Gasteiger partial charge in [0.1, 0.15) is 11.9 Å². The van der Waals surface area contributed by atoms with Crippen molar-refractivity contribution in [3.05, 3.63) is 47.5 Å². The lowest BCUT2D eigenvalue weighted by Crippen LogP contribution is -2.12. The molecule has 1 unspecified atom stereocenters. The van der Waals surface area contributed by atoms with E-state index in [4.69, 9.17) is 5.26 Å². The molecule has 4 nitrogen and oxygen atoms in total. The van der Waals surface area contributed by atoms with Gasteiger partial charge < -0.3 is 10.3 Å². The summed E-state index contributed by atoms with van der Waals surface area (Å²) in [5.74, 6) is 0.891. The molecule has 18 heavy (non-hydrogen) atoms. The van der Waals surface area contributed by atoms with Crippen molar-refractivity contribution in [3.63, 3.8) is 0 Å². The molecule has 1 heterocycles. The number of H-pyrrole nitrogens is 1. The van der Waals surface area contributed by atoms with Crippen LogP contribution in [0, 0.1) is 18.3 Å². The molecule has 0 amide bonds. The predicted molar refractivity (Wildman–Crippen MR) is 71.1 cm³/mol. The highest BCUT2D eigenvalue weighted by molar-refractivity contribution is 5.59. The molecule has 1 aromatic heterocycles. The van der Waals surface area contributed by atoms with Crippen LogP contribution in [0.1, 0.15) is 36.3 Å². The topological polar surface area (TPSA) is 64.5 Å². The molecule has 2 aromatic rings. The number of nitrogens with one attached hydrogen (secondary N) is 2. The van der Waals surface area contributed by atoms with Crippen LogP contribution in [0.4, 0.5) is 5.69 Å². The molecular weight excluding hydrogens is 224 g/mol. The lowest BCUT2D eigenvalue weighted by Gasteiger charge is -2.17. The number of rotatable bonds is 4. The van der Waals surface area contributed by atoms with Crippen LogP contribution in [0.5, 0.6) is 0 Å². The molecule has 0 fully saturated rings. The minimum absolute atomic E-state index is 0.0924. The maximum Gasteiger partial charge on any atom is 0.128 e. The SMILES string of the molecule is CCC(Nc1ccc(C)cc1C#N)c1ncc[nH]1. The highest BCUT2D eigenvalue weighted by atomic mass is 15.0. The van der Waals surface area contributed by atoms with E-state index in [1.54, 1.807) is 12.4 Å². The molecule has 0 aliphatic rings. The van der Waals surface area contributed by atoms with Crippen molar-refractivity contribution in [1.82, 2.24) is 9.97 Å². The van der Waals surface area contributed by atoms with Crippen LogP contribution in [0.25, 0.3) is 0 Å². The Morgan fingerprint density at radius 2 is 2.33 bits per heavy atom. The summed E-state index contributed by atoms with van der Waals surface area (Å²) in [6, 6.07) is 8.14. The third-order valence-electron chi connectivity index (χ3n) is 2.88. The van der Waals surface area contributed by atoms with Gasteiger partial charge in [-0.1, -0.05) is 13.0 Å². The highest BCUT2D eigenvalue weighted by Gasteiger charge is 2.13. The van der Waals surface area contributed by atoms with Crippen LogP contribution in [-0.2, 0) is 0 Å². The van der Waals surface area contributed by atoms with Gasteiger partial charge in [0.25, 0.3) is 0 Å². The standard InChI is InChI=1S/C14H16N4/c1-3-12(14-16-6-7-17-14)18-13-5-4-10(2)8-11(13)9-15/h4-8,12,18H,3H2,1-2H3,(H,16,17). The number of aromatic nitrogens is 2. The first kappa shape index (κ1) is 12.2. The fourth-order valence-electron chi connectivity index (χ4n) is 1.90. The Morgan fingerprint density at radius 3 is 2.94 bits per heavy atom. The van der Waals surface area contributed by atoms with Crippen LogP contribution in [0.3, 0.4) is 0 Å². The fraction of sp³-hybridized carbons (Fsp3) is 0.286. The summed E-state index contributed by atoms with van der Waals surface area (Å²) in [5, 5.41) is 12.5. The summed E-state index contributed by atoms with van der Waals surface area (Å²) >= 11 is 0. The summed E-state index contributed by atoms with van der Waals surface area (Å²) in [4.78, 5) is 7.36. The number of nitriles is 1. The molecule has 2 rings (SSSR count). The summed E-state index contributed by atoms with van der Waals surface area (Å²) in [7, 11) is 0. The number of anilines is 1. The predicted octanol–water partition coefficient (Wildman–Crippen LogP) is 3.15. The molecular formula is C14H16N4. The van der Waals surface area contributed by atoms with E-state index in [0.29, 0.717) is 5.56 Å². The van der Waals surface area contributed by atoms with E-state index < -0.39 is 0 Å². The summed E-state index contributed by atoms with van der Waals surface area (Å²) < 4.78 is 0. The summed E-state index contributed by atoms with van der Waals surface area (Å²) in [6.45, 7) is 4.06. The number of hydrogen-bond donors (Lipinski definition) is 2. The van der Waals surface area contributed by atoms with Gasteiger partial charge in [-0.2, -0.15) is 5.26 Å². The quantitative estimate of drug-likeness (QED) is 0.862. The Bertz CT molecular complexity index is 552. The Labute approximate surface area is 107 Å². The summed E-state index contributed by atoms with van der Waals surface area (Å²) in [6.07, 6.45) is 4.44. The van der Waals surface area contributed by atoms with E-state index >= 15 is 0 Å². The second kappa shape index (κ2) is 5.37. The second-order valence-corrected chi connectivity index (χ2v) is 4.24. The lowest BCUT2D eigenvalue weighted by molar-refractivity contribution is 0.704. The molecule has 0 aliphatic carbocycles. The highest BCUT2D eigenvalue weighted by Crippen LogP contribution is 2.23. The number of aryl methyl sites for hydroxylation is 1. The first-order valence-corrected chi connectivity index (χ1v) is 6.01. The molecule has 0 spiro atoms. The number of imidazole rings is 1. The van der Waals surface area contributed by atoms with Crippen LogP contribution in [-0.4, -0.2) is 9.97 Å². The average molecular weight is 240 g/mol. The smallest absolute Gasteiger partial charge is 0.128 e. The number of aromatic amines is 1. The zero-order chi connectivity index (χ0) is 13.0. The van der Waals surface area contributed by atoms with E-state index in [2.05, 4.69) is 28.3 Å². The van der Waals surface area contributed by atoms with Gasteiger partial charge in [0.15, 0.2) is 0 Å². The fourth-order valence-corrected chi connectivity index (χ4v) is 1.90. The molecule has 0 radical (unpaired) electrons. The minimum Gasteiger partial charge on any atom is -0.374 e. The van der Waals surface area contributed by atoms with Gasteiger partial charge in [0.05, 0.1) is 17.3 Å². The maximum atomic E-state index is 9.15. The molecule has 1 aromatic carbocycles. The first-order valence-electron chi connectivity index (χ1n) is 6.01. The van der Waals surface area contributed by atoms with Gasteiger partial charge >= 0.3 is 0 Å². The molecule has 2 N–H and O–H groups in total. The Kier molecular flexibility index (Phi) is 3.63. The van der Waals surface area contributed by atoms with Gasteiger partial charge in [0.2, 0.25) is 0 Å². The first-order chi connectivity index (χ1) is 8.74. The number of nitrogens with zero attached hydrogens (tertiary/aromatic N) is 2. The zero-order valence-electron chi connectivity index (χ0n) is 10.6. The largest absolute Gasteiger partial charge is 0.374 e. The van der Waals surface area contributed by atoms with Crippen LogP contribution >= 0.6 is 0 Å². The number of benzene rings is 1. The van der Waals surface area contributed by atoms with Crippen molar-refractivity contribution in [2.75, 3.05) is 5.32 Å². The maximum absolute atomic E-state index is 9.15. The van der Waals surface area contributed by atoms with Crippen LogP contribution in [0.2, 0.25) is 0 Å². The Morgan fingerprint density at radius 1 is 1.50 bits per heavy atom. The van der Waals surface area contributed by atoms with Gasteiger partial charge in [-0.3, -0.25) is 0 Å². The van der Waals surface area contributed by atoms with Crippen molar-refractivity contribution in [2.24, 2.45) is 0 Å². The molecule has 92 valence electrons. The molecule has 1 atom stereocenters. The molecule has 0 saturated carbocycles. The van der Waals surface area contributed by atoms with Crippen molar-refractivity contribution in [3.8, 4) is 6.07 Å². The van der Waals surface area contributed by atoms with Crippen LogP contribution in [0.15, 0.2) is 30.6 Å². The van der Waals surface area contributed by atoms with Gasteiger partial charge in [-0.25, -0.2) is 4.98 Å². The second-order valence-electron chi connectivity index (χ2n) is 4.24. The Balaban J connectivity index is 2.25. The van der Waals surface area contributed by atoms with E-state index in [1.165, 1.54) is 0 Å². The normalized spacial score (nSPS) is 11.8. The molecule has 0 saturated heterocycles. The minimum atomic E-state index is 0.0924. The van der Waals surface area contributed by atoms with E-state index in [9.17, 15) is 0 Å². The van der Waals surface area contributed by atoms with Crippen LogP contribution < -0.4 is 5.32 Å². The molecule has 0 bridgehead atoms. The zero-order valence-corrected chi connectivity index (χ0v) is 10.6. The van der Waals surface area contributed by atoms with Gasteiger partial charge in [-0.15, -0.1) is 0 Å². The van der Waals surface area contributed by atoms with Crippen molar-refractivity contribution in [2.45, 2.75) is 26.3 Å². The third kappa shape index (κ3) is 2.51. The summed E-state index contributed by atoms with van der Waals surface area (Å²) in [5.41, 5.74) is 2.61. The van der Waals surface area contributed by atoms with E-state index in [1.807, 2.05) is 25.1 Å². The Hall–Kier alpha value is -2.28. The monoisotopic (exact) mass is 240 g/mol. The average Bonchev–Trinajstić information content (AvgIpc) is 2.91. The van der Waals surface area contributed by atoms with Crippen molar-refractivity contribution in [1.29, 1.82) is 5.26 Å². The van der Waals surface area contributed by atoms with Gasteiger partial charge in [-0.05, 0) is 31.0 Å². The third-order valence-corrected chi connectivity index (χ3v) is 2.88. The van der Waals surface area contributed by atoms with Crippen molar-refractivity contribution < 1.29 is 0 Å². The van der Waals surface area contributed by atoms with E-state index in [0.717, 1.165) is 23.5 Å². The van der Waals surface area contributed by atoms with E-state index in [-0.39, 0.29) is 6.04 Å². The lowest BCUT2D eigenvalue weighted by atomic mass is 10.1. The van der Waals surface area contributed by atoms with Crippen molar-refractivity contribution >= 4 is 5.69 Å². The van der Waals surface area contributed by atoms with Gasteiger partial charge in [0, 0.05) is 12.4 Å². The molecule has 0 aliphatic heterocycles. The molecule has 4 heteroatoms. The number of hydrogen-bond acceptors (Lipinski definition) is 3.